The number of benzene rings is 1. The Morgan fingerprint density at radius 3 is 2.74 bits per heavy atom. The van der Waals surface area contributed by atoms with Crippen molar-refractivity contribution in [1.29, 1.82) is 0 Å². The quantitative estimate of drug-likeness (QED) is 0.912. The molecule has 0 saturated carbocycles. The Morgan fingerprint density at radius 2 is 2.21 bits per heavy atom. The van der Waals surface area contributed by atoms with Gasteiger partial charge in [0.15, 0.2) is 0 Å². The molecule has 0 aliphatic rings. The molecule has 0 aliphatic carbocycles. The zero-order chi connectivity index (χ0) is 14.0. The molecule has 0 unspecified atom stereocenters. The molecular weight excluding hydrogens is 333 g/mol. The minimum Gasteiger partial charge on any atom is -0.478 e. The van der Waals surface area contributed by atoms with E-state index in [1.165, 1.54) is 12.1 Å². The van der Waals surface area contributed by atoms with Crippen LogP contribution in [0.15, 0.2) is 34.1 Å². The zero-order valence-corrected chi connectivity index (χ0v) is 12.5. The summed E-state index contributed by atoms with van der Waals surface area (Å²) < 4.78 is 14.6. The highest BCUT2D eigenvalue weighted by molar-refractivity contribution is 9.10. The number of carboxylic acid groups (broad SMARTS) is 1. The summed E-state index contributed by atoms with van der Waals surface area (Å²) in [6.45, 7) is 0.641. The first-order valence-corrected chi connectivity index (χ1v) is 7.11. The predicted molar refractivity (Wildman–Crippen MR) is 77.5 cm³/mol. The second kappa shape index (κ2) is 5.71. The van der Waals surface area contributed by atoms with Crippen molar-refractivity contribution < 1.29 is 14.3 Å². The van der Waals surface area contributed by atoms with Crippen LogP contribution in [0.3, 0.4) is 0 Å². The lowest BCUT2D eigenvalue weighted by atomic mass is 10.2. The van der Waals surface area contributed by atoms with Gasteiger partial charge >= 0.3 is 5.97 Å². The van der Waals surface area contributed by atoms with Gasteiger partial charge in [-0.15, -0.1) is 11.3 Å². The molecule has 0 radical (unpaired) electrons. The molecule has 0 amide bonds. The SMILES string of the molecule is CN(Cc1cc(Br)cs1)c1ccc(C(=O)O)c(F)c1. The van der Waals surface area contributed by atoms with Crippen LogP contribution in [0.1, 0.15) is 15.2 Å². The van der Waals surface area contributed by atoms with Crippen LogP contribution in [0.25, 0.3) is 0 Å². The maximum absolute atomic E-state index is 13.6. The normalized spacial score (nSPS) is 10.5. The summed E-state index contributed by atoms with van der Waals surface area (Å²) in [5.41, 5.74) is 0.336. The van der Waals surface area contributed by atoms with Gasteiger partial charge in [0.2, 0.25) is 0 Å². The van der Waals surface area contributed by atoms with Crippen molar-refractivity contribution in [3.05, 3.63) is 50.4 Å². The molecule has 0 aliphatic heterocycles. The standard InChI is InChI=1S/C13H11BrFNO2S/c1-16(6-10-4-8(14)7-19-10)9-2-3-11(13(17)18)12(15)5-9/h2-5,7H,6H2,1H3,(H,17,18). The number of nitrogens with zero attached hydrogens (tertiary/aromatic N) is 1. The fourth-order valence-corrected chi connectivity index (χ4v) is 3.18. The maximum atomic E-state index is 13.6. The van der Waals surface area contributed by atoms with Gasteiger partial charge in [-0.2, -0.15) is 0 Å². The summed E-state index contributed by atoms with van der Waals surface area (Å²) in [6.07, 6.45) is 0. The third kappa shape index (κ3) is 3.33. The second-order valence-electron chi connectivity index (χ2n) is 4.06. The van der Waals surface area contributed by atoms with E-state index in [1.807, 2.05) is 23.4 Å². The van der Waals surface area contributed by atoms with Crippen LogP contribution in [-0.2, 0) is 6.54 Å². The van der Waals surface area contributed by atoms with E-state index >= 15 is 0 Å². The molecule has 0 atom stereocenters. The van der Waals surface area contributed by atoms with Crippen molar-refractivity contribution in [1.82, 2.24) is 0 Å². The lowest BCUT2D eigenvalue weighted by Gasteiger charge is -2.18. The van der Waals surface area contributed by atoms with E-state index in [4.69, 9.17) is 5.11 Å². The lowest BCUT2D eigenvalue weighted by molar-refractivity contribution is 0.0692. The van der Waals surface area contributed by atoms with Crippen LogP contribution in [0.2, 0.25) is 0 Å². The molecule has 1 aromatic heterocycles. The van der Waals surface area contributed by atoms with Gasteiger partial charge in [0.25, 0.3) is 0 Å². The molecule has 19 heavy (non-hydrogen) atoms. The van der Waals surface area contributed by atoms with Gasteiger partial charge in [-0.05, 0) is 40.2 Å². The van der Waals surface area contributed by atoms with E-state index in [1.54, 1.807) is 17.4 Å². The van der Waals surface area contributed by atoms with E-state index < -0.39 is 11.8 Å². The van der Waals surface area contributed by atoms with E-state index in [0.29, 0.717) is 12.2 Å². The highest BCUT2D eigenvalue weighted by Crippen LogP contribution is 2.24. The molecule has 0 bridgehead atoms. The summed E-state index contributed by atoms with van der Waals surface area (Å²) in [4.78, 5) is 13.7. The first-order valence-electron chi connectivity index (χ1n) is 5.44. The number of carbonyl (C=O) groups is 1. The number of halogens is 2. The van der Waals surface area contributed by atoms with Gasteiger partial charge in [0, 0.05) is 27.5 Å². The van der Waals surface area contributed by atoms with Crippen molar-refractivity contribution in [2.45, 2.75) is 6.54 Å². The van der Waals surface area contributed by atoms with E-state index in [2.05, 4.69) is 15.9 Å². The van der Waals surface area contributed by atoms with Gasteiger partial charge in [-0.3, -0.25) is 0 Å². The summed E-state index contributed by atoms with van der Waals surface area (Å²) in [5, 5.41) is 10.8. The summed E-state index contributed by atoms with van der Waals surface area (Å²) in [7, 11) is 1.84. The number of hydrogen-bond donors (Lipinski definition) is 1. The monoisotopic (exact) mass is 343 g/mol. The minimum atomic E-state index is -1.26. The van der Waals surface area contributed by atoms with Gasteiger partial charge in [-0.1, -0.05) is 0 Å². The molecule has 100 valence electrons. The third-order valence-electron chi connectivity index (χ3n) is 2.64. The van der Waals surface area contributed by atoms with Gasteiger partial charge in [0.1, 0.15) is 5.82 Å². The predicted octanol–water partition coefficient (Wildman–Crippen LogP) is 3.98. The first kappa shape index (κ1) is 14.0. The summed E-state index contributed by atoms with van der Waals surface area (Å²) >= 11 is 4.99. The Hall–Kier alpha value is -1.40. The Labute approximate surface area is 122 Å². The van der Waals surface area contributed by atoms with Crippen LogP contribution in [0.5, 0.6) is 0 Å². The van der Waals surface area contributed by atoms with Crippen molar-refractivity contribution in [2.24, 2.45) is 0 Å². The molecule has 3 nitrogen and oxygen atoms in total. The van der Waals surface area contributed by atoms with Crippen molar-refractivity contribution in [3.8, 4) is 0 Å². The second-order valence-corrected chi connectivity index (χ2v) is 5.97. The average molecular weight is 344 g/mol. The number of anilines is 1. The van der Waals surface area contributed by atoms with Crippen LogP contribution >= 0.6 is 27.3 Å². The molecule has 0 fully saturated rings. The zero-order valence-electron chi connectivity index (χ0n) is 10.1. The Balaban J connectivity index is 2.17. The van der Waals surface area contributed by atoms with Crippen molar-refractivity contribution >= 4 is 38.9 Å². The molecule has 1 aromatic carbocycles. The molecule has 0 spiro atoms. The lowest BCUT2D eigenvalue weighted by Crippen LogP contribution is -2.16. The molecular formula is C13H11BrFNO2S. The molecule has 2 aromatic rings. The average Bonchev–Trinajstić information content (AvgIpc) is 2.74. The molecule has 2 rings (SSSR count). The van der Waals surface area contributed by atoms with Crippen LogP contribution < -0.4 is 4.90 Å². The van der Waals surface area contributed by atoms with E-state index in [0.717, 1.165) is 9.35 Å². The van der Waals surface area contributed by atoms with E-state index in [9.17, 15) is 9.18 Å². The smallest absolute Gasteiger partial charge is 0.338 e. The fraction of sp³-hybridized carbons (Fsp3) is 0.154. The van der Waals surface area contributed by atoms with E-state index in [-0.39, 0.29) is 5.56 Å². The largest absolute Gasteiger partial charge is 0.478 e. The first-order chi connectivity index (χ1) is 8.97. The number of aromatic carboxylic acids is 1. The Kier molecular flexibility index (Phi) is 4.21. The summed E-state index contributed by atoms with van der Waals surface area (Å²) in [5.74, 6) is -1.97. The van der Waals surface area contributed by atoms with Crippen molar-refractivity contribution in [2.75, 3.05) is 11.9 Å². The number of thiophene rings is 1. The van der Waals surface area contributed by atoms with Crippen molar-refractivity contribution in [3.63, 3.8) is 0 Å². The number of hydrogen-bond acceptors (Lipinski definition) is 3. The molecule has 1 N–H and O–H groups in total. The third-order valence-corrected chi connectivity index (χ3v) is 4.32. The van der Waals surface area contributed by atoms with Crippen LogP contribution in [-0.4, -0.2) is 18.1 Å². The molecule has 6 heteroatoms. The molecule has 1 heterocycles. The van der Waals surface area contributed by atoms with Gasteiger partial charge < -0.3 is 10.0 Å². The van der Waals surface area contributed by atoms with Crippen LogP contribution in [0, 0.1) is 5.82 Å². The minimum absolute atomic E-state index is 0.309. The highest BCUT2D eigenvalue weighted by Gasteiger charge is 2.12. The van der Waals surface area contributed by atoms with Gasteiger partial charge in [0.05, 0.1) is 12.1 Å². The van der Waals surface area contributed by atoms with Gasteiger partial charge in [-0.25, -0.2) is 9.18 Å². The molecule has 0 saturated heterocycles. The van der Waals surface area contributed by atoms with Crippen LogP contribution in [0.4, 0.5) is 10.1 Å². The number of carboxylic acids is 1. The highest BCUT2D eigenvalue weighted by atomic mass is 79.9. The fourth-order valence-electron chi connectivity index (χ4n) is 1.68. The topological polar surface area (TPSA) is 40.5 Å². The Morgan fingerprint density at radius 1 is 1.47 bits per heavy atom. The maximum Gasteiger partial charge on any atom is 0.338 e. The summed E-state index contributed by atoms with van der Waals surface area (Å²) in [6, 6.07) is 6.14. The Bertz CT molecular complexity index is 614. The number of rotatable bonds is 4.